The zero-order valence-corrected chi connectivity index (χ0v) is 34.0. The minimum atomic E-state index is 0.708. The number of hydrogen-bond donors (Lipinski definition) is 0. The second kappa shape index (κ2) is 16.1. The van der Waals surface area contributed by atoms with E-state index in [9.17, 15) is 0 Å². The first-order valence-electron chi connectivity index (χ1n) is 21.1. The van der Waals surface area contributed by atoms with Crippen LogP contribution in [0.4, 0.5) is 0 Å². The maximum absolute atomic E-state index is 5.29. The Bertz CT molecular complexity index is 3340. The number of hydrogen-bond acceptors (Lipinski definition) is 2. The Labute approximate surface area is 362 Å². The van der Waals surface area contributed by atoms with E-state index < -0.39 is 0 Å². The maximum atomic E-state index is 5.29. The van der Waals surface area contributed by atoms with Crippen molar-refractivity contribution in [3.05, 3.63) is 243 Å². The fourth-order valence-electron chi connectivity index (χ4n) is 8.57. The van der Waals surface area contributed by atoms with Crippen LogP contribution in [0.1, 0.15) is 0 Å². The molecule has 0 fully saturated rings. The van der Waals surface area contributed by atoms with Crippen LogP contribution in [0.25, 0.3) is 111 Å². The third-order valence-electron chi connectivity index (χ3n) is 11.9. The van der Waals surface area contributed by atoms with Crippen LogP contribution in [0.3, 0.4) is 0 Å². The predicted octanol–water partition coefficient (Wildman–Crippen LogP) is 16.1. The zero-order valence-electron chi connectivity index (χ0n) is 34.0. The van der Waals surface area contributed by atoms with Gasteiger partial charge >= 0.3 is 0 Å². The quantitative estimate of drug-likeness (QED) is 0.143. The standard InChI is InChI=1S/C60H40N2/c1-3-11-41(12-4-1)52-16-9-18-54(39-52)47-25-21-43(22-26-47)45-29-33-50(34-30-45)58-57-38-37-49-15-7-8-20-56(49)59(57)62-60(61-58)51-35-31-46(32-36-51)44-23-27-48(28-24-44)55-19-10-17-53(40-55)42-13-5-2-6-14-42/h1-40H. The Morgan fingerprint density at radius 2 is 0.565 bits per heavy atom. The summed E-state index contributed by atoms with van der Waals surface area (Å²) >= 11 is 0. The highest BCUT2D eigenvalue weighted by Crippen LogP contribution is 2.36. The number of fused-ring (bicyclic) bond motifs is 3. The van der Waals surface area contributed by atoms with Gasteiger partial charge in [-0.05, 0) is 90.3 Å². The summed E-state index contributed by atoms with van der Waals surface area (Å²) in [5, 5.41) is 3.31. The van der Waals surface area contributed by atoms with Crippen LogP contribution in [0.15, 0.2) is 243 Å². The molecule has 0 saturated carbocycles. The van der Waals surface area contributed by atoms with Crippen molar-refractivity contribution in [3.8, 4) is 89.4 Å². The molecule has 1 aromatic heterocycles. The molecule has 2 heteroatoms. The van der Waals surface area contributed by atoms with Crippen LogP contribution in [0.5, 0.6) is 0 Å². The fraction of sp³-hybridized carbons (Fsp3) is 0. The molecule has 0 radical (unpaired) electrons. The number of aromatic nitrogens is 2. The number of nitrogens with zero attached hydrogens (tertiary/aromatic N) is 2. The molecule has 1 heterocycles. The minimum Gasteiger partial charge on any atom is -0.227 e. The van der Waals surface area contributed by atoms with E-state index in [1.807, 2.05) is 0 Å². The van der Waals surface area contributed by atoms with Crippen molar-refractivity contribution in [2.24, 2.45) is 0 Å². The first-order chi connectivity index (χ1) is 30.7. The van der Waals surface area contributed by atoms with Crippen molar-refractivity contribution < 1.29 is 0 Å². The summed E-state index contributed by atoms with van der Waals surface area (Å²) in [6.45, 7) is 0. The molecule has 11 aromatic rings. The van der Waals surface area contributed by atoms with Crippen LogP contribution in [0.2, 0.25) is 0 Å². The summed E-state index contributed by atoms with van der Waals surface area (Å²) in [6, 6.07) is 86.5. The van der Waals surface area contributed by atoms with Crippen molar-refractivity contribution in [3.63, 3.8) is 0 Å². The molecular formula is C60H40N2. The minimum absolute atomic E-state index is 0.708. The van der Waals surface area contributed by atoms with Gasteiger partial charge in [-0.1, -0.05) is 224 Å². The Morgan fingerprint density at radius 3 is 1.03 bits per heavy atom. The third-order valence-corrected chi connectivity index (χ3v) is 11.9. The zero-order chi connectivity index (χ0) is 41.2. The lowest BCUT2D eigenvalue weighted by Gasteiger charge is -2.13. The topological polar surface area (TPSA) is 25.8 Å². The molecule has 0 aliphatic rings. The molecule has 0 atom stereocenters. The molecule has 10 aromatic carbocycles. The number of rotatable bonds is 8. The fourth-order valence-corrected chi connectivity index (χ4v) is 8.57. The van der Waals surface area contributed by atoms with E-state index in [1.54, 1.807) is 0 Å². The van der Waals surface area contributed by atoms with E-state index in [0.717, 1.165) is 55.2 Å². The SMILES string of the molecule is c1ccc(-c2cccc(-c3ccc(-c4ccc(-c5nc(-c6ccc(-c7ccc(-c8cccc(-c9ccccc9)c8)cc7)cc6)c6ccc7ccccc7c6n5)cc4)cc3)c2)cc1. The highest BCUT2D eigenvalue weighted by molar-refractivity contribution is 6.09. The van der Waals surface area contributed by atoms with Gasteiger partial charge in [0.2, 0.25) is 0 Å². The lowest BCUT2D eigenvalue weighted by molar-refractivity contribution is 1.23. The van der Waals surface area contributed by atoms with E-state index in [2.05, 4.69) is 243 Å². The molecule has 0 unspecified atom stereocenters. The summed E-state index contributed by atoms with van der Waals surface area (Å²) in [6.07, 6.45) is 0. The molecule has 62 heavy (non-hydrogen) atoms. The molecule has 0 aliphatic heterocycles. The molecule has 11 rings (SSSR count). The smallest absolute Gasteiger partial charge is 0.160 e. The van der Waals surface area contributed by atoms with E-state index in [4.69, 9.17) is 9.97 Å². The average molecular weight is 789 g/mol. The average Bonchev–Trinajstić information content (AvgIpc) is 3.37. The highest BCUT2D eigenvalue weighted by Gasteiger charge is 2.15. The highest BCUT2D eigenvalue weighted by atomic mass is 14.9. The van der Waals surface area contributed by atoms with Crippen molar-refractivity contribution >= 4 is 21.7 Å². The molecule has 0 amide bonds. The first kappa shape index (κ1) is 36.8. The van der Waals surface area contributed by atoms with Crippen molar-refractivity contribution in [2.45, 2.75) is 0 Å². The van der Waals surface area contributed by atoms with Crippen LogP contribution in [-0.4, -0.2) is 9.97 Å². The van der Waals surface area contributed by atoms with E-state index in [-0.39, 0.29) is 0 Å². The largest absolute Gasteiger partial charge is 0.227 e. The summed E-state index contributed by atoms with van der Waals surface area (Å²) in [7, 11) is 0. The molecule has 0 saturated heterocycles. The van der Waals surface area contributed by atoms with Crippen molar-refractivity contribution in [1.29, 1.82) is 0 Å². The first-order valence-corrected chi connectivity index (χ1v) is 21.1. The second-order valence-corrected chi connectivity index (χ2v) is 15.8. The Morgan fingerprint density at radius 1 is 0.210 bits per heavy atom. The maximum Gasteiger partial charge on any atom is 0.160 e. The van der Waals surface area contributed by atoms with Gasteiger partial charge in [0.25, 0.3) is 0 Å². The van der Waals surface area contributed by atoms with Crippen LogP contribution < -0.4 is 0 Å². The van der Waals surface area contributed by atoms with E-state index >= 15 is 0 Å². The summed E-state index contributed by atoms with van der Waals surface area (Å²) in [5.74, 6) is 0.708. The summed E-state index contributed by atoms with van der Waals surface area (Å²) in [4.78, 5) is 10.5. The Hall–Kier alpha value is -8.20. The van der Waals surface area contributed by atoms with E-state index in [0.29, 0.717) is 5.82 Å². The van der Waals surface area contributed by atoms with Crippen LogP contribution in [0, 0.1) is 0 Å². The van der Waals surface area contributed by atoms with Crippen LogP contribution >= 0.6 is 0 Å². The molecule has 0 spiro atoms. The van der Waals surface area contributed by atoms with Gasteiger partial charge < -0.3 is 0 Å². The monoisotopic (exact) mass is 788 g/mol. The normalized spacial score (nSPS) is 11.2. The molecule has 0 aliphatic carbocycles. The van der Waals surface area contributed by atoms with Gasteiger partial charge in [-0.15, -0.1) is 0 Å². The van der Waals surface area contributed by atoms with Gasteiger partial charge in [-0.3, -0.25) is 0 Å². The van der Waals surface area contributed by atoms with Crippen molar-refractivity contribution in [1.82, 2.24) is 9.97 Å². The third kappa shape index (κ3) is 7.25. The molecule has 0 bridgehead atoms. The Kier molecular flexibility index (Phi) is 9.57. The summed E-state index contributed by atoms with van der Waals surface area (Å²) in [5.41, 5.74) is 18.2. The van der Waals surface area contributed by atoms with Gasteiger partial charge in [0.15, 0.2) is 5.82 Å². The Balaban J connectivity index is 0.885. The molecule has 290 valence electrons. The number of benzene rings is 10. The lowest BCUT2D eigenvalue weighted by atomic mass is 9.96. The van der Waals surface area contributed by atoms with E-state index in [1.165, 1.54) is 50.1 Å². The van der Waals surface area contributed by atoms with Gasteiger partial charge in [0, 0.05) is 21.9 Å². The molecule has 2 nitrogen and oxygen atoms in total. The van der Waals surface area contributed by atoms with Crippen LogP contribution in [-0.2, 0) is 0 Å². The van der Waals surface area contributed by atoms with Gasteiger partial charge in [-0.25, -0.2) is 9.97 Å². The van der Waals surface area contributed by atoms with Gasteiger partial charge in [-0.2, -0.15) is 0 Å². The van der Waals surface area contributed by atoms with Gasteiger partial charge in [0.05, 0.1) is 11.2 Å². The molecule has 0 N–H and O–H groups in total. The predicted molar refractivity (Wildman–Crippen MR) is 261 cm³/mol. The second-order valence-electron chi connectivity index (χ2n) is 15.8. The van der Waals surface area contributed by atoms with Gasteiger partial charge in [0.1, 0.15) is 0 Å². The molecular weight excluding hydrogens is 749 g/mol. The summed E-state index contributed by atoms with van der Waals surface area (Å²) < 4.78 is 0. The van der Waals surface area contributed by atoms with Crippen molar-refractivity contribution in [2.75, 3.05) is 0 Å². The lowest BCUT2D eigenvalue weighted by Crippen LogP contribution is -1.96.